The number of benzene rings is 2. The minimum Gasteiger partial charge on any atom is -0.319 e. The van der Waals surface area contributed by atoms with E-state index in [1.54, 1.807) is 0 Å². The first-order valence-corrected chi connectivity index (χ1v) is 6.64. The van der Waals surface area contributed by atoms with Crippen molar-refractivity contribution in [1.82, 2.24) is 0 Å². The number of hydrogen-bond donors (Lipinski definition) is 1. The van der Waals surface area contributed by atoms with E-state index in [9.17, 15) is 13.6 Å². The minimum atomic E-state index is -0.627. The van der Waals surface area contributed by atoms with E-state index >= 15 is 0 Å². The summed E-state index contributed by atoms with van der Waals surface area (Å²) in [4.78, 5) is 11.9. The Hall–Kier alpha value is -1.21. The number of hydrogen-bond acceptors (Lipinski definition) is 1. The minimum absolute atomic E-state index is 0.0227. The lowest BCUT2D eigenvalue weighted by molar-refractivity contribution is 0.102. The van der Waals surface area contributed by atoms with E-state index < -0.39 is 17.5 Å². The van der Waals surface area contributed by atoms with Crippen LogP contribution in [0.3, 0.4) is 0 Å². The summed E-state index contributed by atoms with van der Waals surface area (Å²) in [5.41, 5.74) is 0.297. The SMILES string of the molecule is O=C(Nc1ccc(Cl)cc1F)c1ccc(F)cc1I. The zero-order valence-corrected chi connectivity index (χ0v) is 12.3. The highest BCUT2D eigenvalue weighted by Crippen LogP contribution is 2.21. The van der Waals surface area contributed by atoms with E-state index in [1.807, 2.05) is 22.6 Å². The van der Waals surface area contributed by atoms with Crippen molar-refractivity contribution < 1.29 is 13.6 Å². The molecule has 2 aromatic carbocycles. The largest absolute Gasteiger partial charge is 0.319 e. The molecular weight excluding hydrogens is 387 g/mol. The second-order valence-electron chi connectivity index (χ2n) is 3.70. The summed E-state index contributed by atoms with van der Waals surface area (Å²) in [6, 6.07) is 7.69. The van der Waals surface area contributed by atoms with E-state index in [0.717, 1.165) is 6.07 Å². The van der Waals surface area contributed by atoms with Gasteiger partial charge in [-0.15, -0.1) is 0 Å². The number of amides is 1. The Kier molecular flexibility index (Phi) is 4.36. The van der Waals surface area contributed by atoms with Gasteiger partial charge in [-0.2, -0.15) is 0 Å². The standard InChI is InChI=1S/C13H7ClF2INO/c14-7-1-4-12(10(16)5-7)18-13(19)9-3-2-8(15)6-11(9)17/h1-6H,(H,18,19). The Labute approximate surface area is 126 Å². The van der Waals surface area contributed by atoms with E-state index in [-0.39, 0.29) is 16.3 Å². The number of halogens is 4. The van der Waals surface area contributed by atoms with Crippen molar-refractivity contribution in [2.24, 2.45) is 0 Å². The number of nitrogens with one attached hydrogen (secondary N) is 1. The molecule has 0 heterocycles. The second kappa shape index (κ2) is 5.83. The Morgan fingerprint density at radius 3 is 2.53 bits per heavy atom. The first-order valence-electron chi connectivity index (χ1n) is 5.19. The molecule has 0 atom stereocenters. The van der Waals surface area contributed by atoms with Gasteiger partial charge >= 0.3 is 0 Å². The molecule has 0 unspecified atom stereocenters. The zero-order valence-electron chi connectivity index (χ0n) is 9.38. The predicted molar refractivity (Wildman–Crippen MR) is 78.5 cm³/mol. The highest BCUT2D eigenvalue weighted by atomic mass is 127. The lowest BCUT2D eigenvalue weighted by Crippen LogP contribution is -2.14. The molecule has 2 nitrogen and oxygen atoms in total. The highest BCUT2D eigenvalue weighted by molar-refractivity contribution is 14.1. The quantitative estimate of drug-likeness (QED) is 0.749. The van der Waals surface area contributed by atoms with Gasteiger partial charge in [0.25, 0.3) is 5.91 Å². The molecule has 0 aliphatic rings. The van der Waals surface area contributed by atoms with E-state index in [2.05, 4.69) is 5.32 Å². The van der Waals surface area contributed by atoms with Gasteiger partial charge in [-0.3, -0.25) is 4.79 Å². The van der Waals surface area contributed by atoms with Crippen molar-refractivity contribution >= 4 is 45.8 Å². The molecule has 6 heteroatoms. The molecule has 1 N–H and O–H groups in total. The number of anilines is 1. The van der Waals surface area contributed by atoms with Crippen molar-refractivity contribution in [2.45, 2.75) is 0 Å². The van der Waals surface area contributed by atoms with Gasteiger partial charge in [-0.25, -0.2) is 8.78 Å². The van der Waals surface area contributed by atoms with Crippen molar-refractivity contribution in [3.05, 3.63) is 62.2 Å². The summed E-state index contributed by atoms with van der Waals surface area (Å²) >= 11 is 7.46. The molecule has 0 spiro atoms. The van der Waals surface area contributed by atoms with Crippen LogP contribution in [-0.4, -0.2) is 5.91 Å². The Balaban J connectivity index is 2.25. The lowest BCUT2D eigenvalue weighted by Gasteiger charge is -2.08. The predicted octanol–water partition coefficient (Wildman–Crippen LogP) is 4.48. The van der Waals surface area contributed by atoms with Crippen LogP contribution in [0, 0.1) is 15.2 Å². The van der Waals surface area contributed by atoms with Gasteiger partial charge in [0.1, 0.15) is 11.6 Å². The van der Waals surface area contributed by atoms with Crippen LogP contribution in [0.15, 0.2) is 36.4 Å². The Morgan fingerprint density at radius 2 is 1.89 bits per heavy atom. The van der Waals surface area contributed by atoms with Crippen molar-refractivity contribution in [3.63, 3.8) is 0 Å². The maximum atomic E-state index is 13.5. The molecule has 2 rings (SSSR count). The summed E-state index contributed by atoms with van der Waals surface area (Å²) in [6.07, 6.45) is 0. The molecule has 1 amide bonds. The molecular formula is C13H7ClF2INO. The van der Waals surface area contributed by atoms with Crippen molar-refractivity contribution in [1.29, 1.82) is 0 Å². The van der Waals surface area contributed by atoms with Gasteiger partial charge in [0.05, 0.1) is 11.3 Å². The smallest absolute Gasteiger partial charge is 0.256 e. The van der Waals surface area contributed by atoms with Crippen molar-refractivity contribution in [3.8, 4) is 0 Å². The fraction of sp³-hybridized carbons (Fsp3) is 0. The zero-order chi connectivity index (χ0) is 14.0. The lowest BCUT2D eigenvalue weighted by atomic mass is 10.2. The third-order valence-electron chi connectivity index (χ3n) is 2.36. The van der Waals surface area contributed by atoms with Gasteiger partial charge in [0, 0.05) is 8.59 Å². The van der Waals surface area contributed by atoms with Crippen molar-refractivity contribution in [2.75, 3.05) is 5.32 Å². The average molecular weight is 394 g/mol. The maximum Gasteiger partial charge on any atom is 0.256 e. The average Bonchev–Trinajstić information content (AvgIpc) is 2.32. The molecule has 19 heavy (non-hydrogen) atoms. The molecule has 0 aliphatic carbocycles. The molecule has 0 aliphatic heterocycles. The molecule has 0 aromatic heterocycles. The van der Waals surface area contributed by atoms with Gasteiger partial charge in [0.2, 0.25) is 0 Å². The van der Waals surface area contributed by atoms with Gasteiger partial charge in [-0.1, -0.05) is 11.6 Å². The Bertz CT molecular complexity index is 649. The van der Waals surface area contributed by atoms with Crippen LogP contribution in [0.5, 0.6) is 0 Å². The monoisotopic (exact) mass is 393 g/mol. The van der Waals surface area contributed by atoms with Crippen LogP contribution in [0.25, 0.3) is 0 Å². The van der Waals surface area contributed by atoms with Crippen LogP contribution in [0.2, 0.25) is 5.02 Å². The van der Waals surface area contributed by atoms with Gasteiger partial charge < -0.3 is 5.32 Å². The summed E-state index contributed by atoms with van der Waals surface area (Å²) in [5.74, 6) is -1.57. The van der Waals surface area contributed by atoms with Gasteiger partial charge in [-0.05, 0) is 59.0 Å². The summed E-state index contributed by atoms with van der Waals surface area (Å²) in [6.45, 7) is 0. The molecule has 0 bridgehead atoms. The highest BCUT2D eigenvalue weighted by Gasteiger charge is 2.13. The van der Waals surface area contributed by atoms with Crippen LogP contribution in [0.4, 0.5) is 14.5 Å². The van der Waals surface area contributed by atoms with E-state index in [4.69, 9.17) is 11.6 Å². The molecule has 0 saturated heterocycles. The number of carbonyl (C=O) groups excluding carboxylic acids is 1. The van der Waals surface area contributed by atoms with Gasteiger partial charge in [0.15, 0.2) is 0 Å². The fourth-order valence-electron chi connectivity index (χ4n) is 1.45. The molecule has 0 radical (unpaired) electrons. The van der Waals surface area contributed by atoms with Crippen LogP contribution in [-0.2, 0) is 0 Å². The first kappa shape index (κ1) is 14.2. The maximum absolute atomic E-state index is 13.5. The molecule has 0 fully saturated rings. The van der Waals surface area contributed by atoms with Crippen LogP contribution >= 0.6 is 34.2 Å². The number of carbonyl (C=O) groups is 1. The third-order valence-corrected chi connectivity index (χ3v) is 3.48. The summed E-state index contributed by atoms with van der Waals surface area (Å²) in [5, 5.41) is 2.66. The van der Waals surface area contributed by atoms with E-state index in [0.29, 0.717) is 3.57 Å². The topological polar surface area (TPSA) is 29.1 Å². The normalized spacial score (nSPS) is 10.3. The first-order chi connectivity index (χ1) is 8.97. The summed E-state index contributed by atoms with van der Waals surface area (Å²) in [7, 11) is 0. The molecule has 98 valence electrons. The Morgan fingerprint density at radius 1 is 1.16 bits per heavy atom. The second-order valence-corrected chi connectivity index (χ2v) is 5.30. The van der Waals surface area contributed by atoms with E-state index in [1.165, 1.54) is 30.3 Å². The summed E-state index contributed by atoms with van der Waals surface area (Å²) < 4.78 is 26.9. The van der Waals surface area contributed by atoms with Crippen LogP contribution < -0.4 is 5.32 Å². The third kappa shape index (κ3) is 3.42. The molecule has 0 saturated carbocycles. The molecule has 2 aromatic rings. The number of rotatable bonds is 2. The fourth-order valence-corrected chi connectivity index (χ4v) is 2.34. The van der Waals surface area contributed by atoms with Crippen LogP contribution in [0.1, 0.15) is 10.4 Å².